The maximum absolute atomic E-state index is 7.92. The third kappa shape index (κ3) is 3.26. The van der Waals surface area contributed by atoms with Crippen LogP contribution in [0, 0.1) is 0 Å². The summed E-state index contributed by atoms with van der Waals surface area (Å²) < 4.78 is 0. The maximum Gasteiger partial charge on any atom is 0.0618 e. The molecule has 0 bridgehead atoms. The first kappa shape index (κ1) is 13.4. The molecule has 0 amide bonds. The number of unbranched alkanes of at least 4 members (excludes halogenated alkanes) is 3. The molecule has 0 unspecified atom stereocenters. The molecule has 2 aromatic rings. The highest BCUT2D eigenvalue weighted by atomic mass is 79.9. The largest absolute Gasteiger partial charge is 0.300 e. The number of hydrogen-bond acceptors (Lipinski definition) is 0. The zero-order chi connectivity index (χ0) is 12.8. The Balaban J connectivity index is 2.07. The predicted octanol–water partition coefficient (Wildman–Crippen LogP) is 5.25. The van der Waals surface area contributed by atoms with Gasteiger partial charge in [0.25, 0.3) is 0 Å². The van der Waals surface area contributed by atoms with Gasteiger partial charge in [0.2, 0.25) is 0 Å². The molecule has 0 aliphatic heterocycles. The third-order valence-corrected chi connectivity index (χ3v) is 3.90. The molecule has 0 spiro atoms. The highest BCUT2D eigenvalue weighted by Gasteiger charge is 2.03. The first-order chi connectivity index (χ1) is 8.83. The second kappa shape index (κ2) is 6.79. The number of benzene rings is 2. The van der Waals surface area contributed by atoms with E-state index in [1.165, 1.54) is 36.6 Å². The molecule has 95 valence electrons. The number of halogens is 1. The minimum absolute atomic E-state index is 0.633. The van der Waals surface area contributed by atoms with Crippen molar-refractivity contribution >= 4 is 32.4 Å². The summed E-state index contributed by atoms with van der Waals surface area (Å²) in [6, 6.07) is 12.3. The van der Waals surface area contributed by atoms with E-state index in [4.69, 9.17) is 5.73 Å². The van der Waals surface area contributed by atoms with Crippen LogP contribution in [0.3, 0.4) is 0 Å². The average molecular weight is 305 g/mol. The lowest BCUT2D eigenvalue weighted by molar-refractivity contribution is 0.673. The molecule has 2 aromatic carbocycles. The highest BCUT2D eigenvalue weighted by molar-refractivity contribution is 9.09. The molecule has 0 aromatic heterocycles. The molecule has 1 N–H and O–H groups in total. The van der Waals surface area contributed by atoms with Gasteiger partial charge in [0.05, 0.1) is 5.69 Å². The zero-order valence-corrected chi connectivity index (χ0v) is 12.2. The Morgan fingerprint density at radius 3 is 2.33 bits per heavy atom. The van der Waals surface area contributed by atoms with Gasteiger partial charge < -0.3 is 5.73 Å². The second-order valence-corrected chi connectivity index (χ2v) is 5.46. The minimum Gasteiger partial charge on any atom is -0.300 e. The molecular formula is C16H19BrN. The summed E-state index contributed by atoms with van der Waals surface area (Å²) in [4.78, 5) is 0. The van der Waals surface area contributed by atoms with Crippen LogP contribution in [0.4, 0.5) is 5.69 Å². The van der Waals surface area contributed by atoms with Gasteiger partial charge in [-0.25, -0.2) is 0 Å². The Hall–Kier alpha value is -1.02. The molecule has 0 saturated carbocycles. The lowest BCUT2D eigenvalue weighted by Gasteiger charge is -2.08. The van der Waals surface area contributed by atoms with Gasteiger partial charge in [-0.15, -0.1) is 0 Å². The number of nitrogens with one attached hydrogen (secondary N) is 1. The van der Waals surface area contributed by atoms with Crippen LogP contribution in [0.25, 0.3) is 10.8 Å². The molecule has 0 fully saturated rings. The molecule has 0 aliphatic rings. The van der Waals surface area contributed by atoms with Crippen molar-refractivity contribution in [1.82, 2.24) is 5.73 Å². The molecular weight excluding hydrogens is 286 g/mol. The van der Waals surface area contributed by atoms with Crippen LogP contribution in [0.5, 0.6) is 0 Å². The first-order valence-corrected chi connectivity index (χ1v) is 7.73. The van der Waals surface area contributed by atoms with E-state index >= 15 is 0 Å². The number of aryl methyl sites for hydroxylation is 1. The van der Waals surface area contributed by atoms with Gasteiger partial charge >= 0.3 is 0 Å². The molecule has 0 saturated heterocycles. The van der Waals surface area contributed by atoms with Gasteiger partial charge in [-0.3, -0.25) is 0 Å². The van der Waals surface area contributed by atoms with E-state index in [9.17, 15) is 0 Å². The van der Waals surface area contributed by atoms with E-state index in [2.05, 4.69) is 34.1 Å². The maximum atomic E-state index is 7.92. The van der Waals surface area contributed by atoms with Gasteiger partial charge in [0, 0.05) is 10.7 Å². The Bertz CT molecular complexity index is 507. The fourth-order valence-electron chi connectivity index (χ4n) is 2.34. The fourth-order valence-corrected chi connectivity index (χ4v) is 2.74. The zero-order valence-electron chi connectivity index (χ0n) is 10.6. The molecule has 0 atom stereocenters. The summed E-state index contributed by atoms with van der Waals surface area (Å²) in [5.74, 6) is 0. The minimum atomic E-state index is 0.633. The van der Waals surface area contributed by atoms with Crippen molar-refractivity contribution in [2.75, 3.05) is 5.33 Å². The topological polar surface area (TPSA) is 23.8 Å². The Labute approximate surface area is 118 Å². The van der Waals surface area contributed by atoms with Gasteiger partial charge in [0.15, 0.2) is 0 Å². The van der Waals surface area contributed by atoms with Gasteiger partial charge in [0.1, 0.15) is 0 Å². The second-order valence-electron chi connectivity index (χ2n) is 4.67. The van der Waals surface area contributed by atoms with Crippen molar-refractivity contribution in [3.05, 3.63) is 42.0 Å². The molecule has 1 nitrogen and oxygen atoms in total. The highest BCUT2D eigenvalue weighted by Crippen LogP contribution is 2.26. The molecule has 18 heavy (non-hydrogen) atoms. The SMILES string of the molecule is [NH]c1ccc(CCCCCCBr)c2ccccc12. The lowest BCUT2D eigenvalue weighted by Crippen LogP contribution is -1.89. The van der Waals surface area contributed by atoms with Gasteiger partial charge in [-0.2, -0.15) is 0 Å². The Morgan fingerprint density at radius 1 is 0.833 bits per heavy atom. The van der Waals surface area contributed by atoms with Crippen molar-refractivity contribution in [2.24, 2.45) is 0 Å². The quantitative estimate of drug-likeness (QED) is 0.514. The summed E-state index contributed by atoms with van der Waals surface area (Å²) in [6.45, 7) is 0. The lowest BCUT2D eigenvalue weighted by atomic mass is 9.98. The van der Waals surface area contributed by atoms with Crippen molar-refractivity contribution in [3.8, 4) is 0 Å². The van der Waals surface area contributed by atoms with Gasteiger partial charge in [-0.05, 0) is 36.3 Å². The Morgan fingerprint density at radius 2 is 1.56 bits per heavy atom. The van der Waals surface area contributed by atoms with Crippen molar-refractivity contribution in [3.63, 3.8) is 0 Å². The standard InChI is InChI=1S/C16H19BrN/c17-12-6-2-1-3-7-13-10-11-16(18)15-9-5-4-8-14(13)15/h4-5,8-11,18H,1-3,6-7,12H2. The molecule has 0 heterocycles. The molecule has 2 rings (SSSR count). The van der Waals surface area contributed by atoms with Crippen LogP contribution in [-0.2, 0) is 6.42 Å². The van der Waals surface area contributed by atoms with E-state index < -0.39 is 0 Å². The van der Waals surface area contributed by atoms with Crippen LogP contribution in [-0.4, -0.2) is 5.33 Å². The first-order valence-electron chi connectivity index (χ1n) is 6.61. The smallest absolute Gasteiger partial charge is 0.0618 e. The van der Waals surface area contributed by atoms with E-state index in [-0.39, 0.29) is 0 Å². The molecule has 1 radical (unpaired) electrons. The summed E-state index contributed by atoms with van der Waals surface area (Å²) in [6.07, 6.45) is 6.24. The van der Waals surface area contributed by atoms with E-state index in [1.807, 2.05) is 18.2 Å². The van der Waals surface area contributed by atoms with Crippen molar-refractivity contribution < 1.29 is 0 Å². The van der Waals surface area contributed by atoms with Crippen LogP contribution in [0.2, 0.25) is 0 Å². The summed E-state index contributed by atoms with van der Waals surface area (Å²) in [7, 11) is 0. The number of alkyl halides is 1. The van der Waals surface area contributed by atoms with Crippen molar-refractivity contribution in [2.45, 2.75) is 32.1 Å². The molecule has 2 heteroatoms. The normalized spacial score (nSPS) is 10.9. The Kier molecular flexibility index (Phi) is 5.06. The number of hydrogen-bond donors (Lipinski definition) is 0. The molecule has 0 aliphatic carbocycles. The number of rotatable bonds is 6. The van der Waals surface area contributed by atoms with E-state index in [0.717, 1.165) is 17.1 Å². The monoisotopic (exact) mass is 304 g/mol. The third-order valence-electron chi connectivity index (χ3n) is 3.34. The van der Waals surface area contributed by atoms with Gasteiger partial charge in [-0.1, -0.05) is 59.1 Å². The summed E-state index contributed by atoms with van der Waals surface area (Å²) >= 11 is 3.47. The van der Waals surface area contributed by atoms with Crippen LogP contribution in [0.15, 0.2) is 36.4 Å². The fraction of sp³-hybridized carbons (Fsp3) is 0.375. The van der Waals surface area contributed by atoms with Crippen LogP contribution < -0.4 is 5.73 Å². The van der Waals surface area contributed by atoms with Crippen LogP contribution >= 0.6 is 15.9 Å². The summed E-state index contributed by atoms with van der Waals surface area (Å²) in [5, 5.41) is 3.45. The predicted molar refractivity (Wildman–Crippen MR) is 82.7 cm³/mol. The number of fused-ring (bicyclic) bond motifs is 1. The van der Waals surface area contributed by atoms with E-state index in [1.54, 1.807) is 0 Å². The average Bonchev–Trinajstić information content (AvgIpc) is 2.41. The van der Waals surface area contributed by atoms with Crippen molar-refractivity contribution in [1.29, 1.82) is 0 Å². The summed E-state index contributed by atoms with van der Waals surface area (Å²) in [5.41, 5.74) is 9.95. The van der Waals surface area contributed by atoms with E-state index in [0.29, 0.717) is 5.69 Å². The van der Waals surface area contributed by atoms with Crippen LogP contribution in [0.1, 0.15) is 31.2 Å².